The third-order valence-electron chi connectivity index (χ3n) is 12.6. The highest BCUT2D eigenvalue weighted by molar-refractivity contribution is 7.13. The third-order valence-corrected chi connectivity index (χ3v) is 13.6. The number of thiazole rings is 1. The number of aromatic hydroxyl groups is 1. The summed E-state index contributed by atoms with van der Waals surface area (Å²) in [7, 11) is 0. The van der Waals surface area contributed by atoms with Crippen molar-refractivity contribution in [2.75, 3.05) is 19.7 Å². The number of β-amino-alcohol motifs (C(OH)–C–C–N with tert-alkyl or cyclic N) is 1. The van der Waals surface area contributed by atoms with E-state index >= 15 is 0 Å². The Morgan fingerprint density at radius 2 is 1.48 bits per heavy atom. The highest BCUT2D eigenvalue weighted by atomic mass is 32.1. The second kappa shape index (κ2) is 24.3. The van der Waals surface area contributed by atoms with E-state index < -0.39 is 12.1 Å². The van der Waals surface area contributed by atoms with Crippen LogP contribution in [-0.4, -0.2) is 81.7 Å². The molecule has 3 amide bonds. The molecule has 12 heteroatoms. The molecule has 1 unspecified atom stereocenters. The maximum atomic E-state index is 13.6. The fraction of sp³-hybridized carbons (Fsp3) is 0.418. The molecule has 6 rings (SSSR count). The summed E-state index contributed by atoms with van der Waals surface area (Å²) in [5.41, 5.74) is 10.2. The van der Waals surface area contributed by atoms with Crippen LogP contribution in [0, 0.1) is 12.3 Å². The zero-order valence-electron chi connectivity index (χ0n) is 40.0. The summed E-state index contributed by atoms with van der Waals surface area (Å²) in [5, 5.41) is 30.0. The van der Waals surface area contributed by atoms with Crippen molar-refractivity contribution in [3.8, 4) is 21.9 Å². The van der Waals surface area contributed by atoms with Gasteiger partial charge in [-0.3, -0.25) is 19.3 Å². The van der Waals surface area contributed by atoms with Gasteiger partial charge in [-0.15, -0.1) is 11.3 Å². The van der Waals surface area contributed by atoms with E-state index in [2.05, 4.69) is 72.9 Å². The SMILES string of the molecule is CC/C(=C(\c1ccc(O)cc1)c1ccc(OCCNC(=O)CCCCCCC(=O)N[C@H](C(C)N2C[C@H](O)C[C@H]2C(=O)NCc2ccc(-c3scnc3C)cc2)C(C)(C)C)cc1)c1ccccc1. The molecular formula is C55H69N5O6S. The fourth-order valence-corrected chi connectivity index (χ4v) is 9.91. The van der Waals surface area contributed by atoms with Gasteiger partial charge in [-0.05, 0) is 108 Å². The zero-order valence-corrected chi connectivity index (χ0v) is 40.8. The lowest BCUT2D eigenvalue weighted by atomic mass is 9.81. The number of phenols is 1. The molecule has 11 nitrogen and oxygen atoms in total. The molecule has 1 saturated heterocycles. The van der Waals surface area contributed by atoms with Gasteiger partial charge in [0, 0.05) is 38.0 Å². The number of unbranched alkanes of at least 4 members (excludes halogenated alkanes) is 3. The number of aryl methyl sites for hydroxylation is 1. The first-order valence-corrected chi connectivity index (χ1v) is 24.7. The Hall–Kier alpha value is -5.82. The molecule has 5 N–H and O–H groups in total. The van der Waals surface area contributed by atoms with Crippen LogP contribution in [0.5, 0.6) is 11.5 Å². The molecular weight excluding hydrogens is 859 g/mol. The van der Waals surface area contributed by atoms with E-state index in [0.717, 1.165) is 69.6 Å². The van der Waals surface area contributed by atoms with Crippen LogP contribution >= 0.6 is 11.3 Å². The first-order valence-electron chi connectivity index (χ1n) is 23.8. The third kappa shape index (κ3) is 14.3. The number of phenolic OH excluding ortho intramolecular Hbond substituents is 1. The van der Waals surface area contributed by atoms with Crippen molar-refractivity contribution in [3.63, 3.8) is 0 Å². The maximum Gasteiger partial charge on any atom is 0.237 e. The van der Waals surface area contributed by atoms with Gasteiger partial charge in [0.2, 0.25) is 17.7 Å². The van der Waals surface area contributed by atoms with Crippen LogP contribution in [0.25, 0.3) is 21.6 Å². The first-order chi connectivity index (χ1) is 32.2. The van der Waals surface area contributed by atoms with Crippen molar-refractivity contribution in [2.24, 2.45) is 5.41 Å². The number of carbonyl (C=O) groups is 3. The van der Waals surface area contributed by atoms with Gasteiger partial charge in [0.1, 0.15) is 18.1 Å². The lowest BCUT2D eigenvalue weighted by Crippen LogP contribution is -2.59. The summed E-state index contributed by atoms with van der Waals surface area (Å²) < 4.78 is 5.98. The van der Waals surface area contributed by atoms with Gasteiger partial charge in [-0.25, -0.2) is 4.98 Å². The number of allylic oxidation sites excluding steroid dienone is 1. The van der Waals surface area contributed by atoms with Gasteiger partial charge in [-0.2, -0.15) is 0 Å². The predicted molar refractivity (Wildman–Crippen MR) is 270 cm³/mol. The van der Waals surface area contributed by atoms with Crippen molar-refractivity contribution in [1.29, 1.82) is 0 Å². The fourth-order valence-electron chi connectivity index (χ4n) is 9.10. The molecule has 4 aromatic carbocycles. The van der Waals surface area contributed by atoms with Crippen LogP contribution in [0.1, 0.15) is 114 Å². The summed E-state index contributed by atoms with van der Waals surface area (Å²) in [6, 6.07) is 32.8. The normalized spacial score (nSPS) is 16.5. The second-order valence-corrected chi connectivity index (χ2v) is 19.5. The number of nitrogens with one attached hydrogen (secondary N) is 3. The number of aliphatic hydroxyl groups is 1. The number of likely N-dealkylation sites (tertiary alicyclic amines) is 1. The number of ether oxygens (including phenoxy) is 1. The average molecular weight is 928 g/mol. The van der Waals surface area contributed by atoms with Gasteiger partial charge in [0.25, 0.3) is 0 Å². The first kappa shape index (κ1) is 50.6. The smallest absolute Gasteiger partial charge is 0.237 e. The largest absolute Gasteiger partial charge is 0.508 e. The van der Waals surface area contributed by atoms with Crippen molar-refractivity contribution >= 4 is 40.2 Å². The molecule has 1 aliphatic heterocycles. The Balaban J connectivity index is 0.888. The molecule has 0 saturated carbocycles. The van der Waals surface area contributed by atoms with E-state index in [1.165, 1.54) is 5.57 Å². The standard InChI is InChI=1S/C55H69N5O6S/c1-7-47(40-15-11-10-12-16-40)51(41-23-27-44(61)28-24-41)42-25-29-46(30-26-42)66-32-31-56-49(63)17-13-8-9-14-18-50(64)59-53(55(4,5)6)38(3)60-35-45(62)33-48(60)54(65)57-34-39-19-21-43(22-20-39)52-37(2)58-36-67-52/h10-12,15-16,19-30,36,38,45,48,53,61-62H,7-9,13-14,17-18,31-35H2,1-6H3,(H,56,63)(H,57,65)(H,59,64)/b51-47-/t38?,45-,48+,53-/m1/s1. The Morgan fingerprint density at radius 1 is 0.836 bits per heavy atom. The Kier molecular flexibility index (Phi) is 18.3. The van der Waals surface area contributed by atoms with Crippen LogP contribution in [-0.2, 0) is 20.9 Å². The lowest BCUT2D eigenvalue weighted by molar-refractivity contribution is -0.127. The summed E-state index contributed by atoms with van der Waals surface area (Å²) in [6.45, 7) is 13.9. The van der Waals surface area contributed by atoms with E-state index in [0.29, 0.717) is 57.7 Å². The molecule has 1 aromatic heterocycles. The molecule has 67 heavy (non-hydrogen) atoms. The number of amides is 3. The highest BCUT2D eigenvalue weighted by Gasteiger charge is 2.43. The predicted octanol–water partition coefficient (Wildman–Crippen LogP) is 9.70. The van der Waals surface area contributed by atoms with Crippen molar-refractivity contribution in [2.45, 2.75) is 124 Å². The number of aliphatic hydroxyl groups excluding tert-OH is 1. The summed E-state index contributed by atoms with van der Waals surface area (Å²) in [5.74, 6) is 0.749. The number of hydrogen-bond acceptors (Lipinski definition) is 9. The van der Waals surface area contributed by atoms with E-state index in [-0.39, 0.29) is 41.0 Å². The average Bonchev–Trinajstić information content (AvgIpc) is 3.94. The minimum atomic E-state index is -0.633. The Bertz CT molecular complexity index is 2390. The molecule has 0 spiro atoms. The number of rotatable bonds is 22. The van der Waals surface area contributed by atoms with E-state index in [1.54, 1.807) is 23.5 Å². The molecule has 2 heterocycles. The van der Waals surface area contributed by atoms with Crippen molar-refractivity contribution in [3.05, 3.63) is 137 Å². The lowest BCUT2D eigenvalue weighted by Gasteiger charge is -2.42. The summed E-state index contributed by atoms with van der Waals surface area (Å²) in [4.78, 5) is 47.1. The second-order valence-electron chi connectivity index (χ2n) is 18.7. The Labute approximate surface area is 401 Å². The monoisotopic (exact) mass is 927 g/mol. The van der Waals surface area contributed by atoms with Gasteiger partial charge in [0.15, 0.2) is 0 Å². The van der Waals surface area contributed by atoms with Gasteiger partial charge < -0.3 is 30.9 Å². The van der Waals surface area contributed by atoms with Crippen LogP contribution < -0.4 is 20.7 Å². The quantitative estimate of drug-likeness (QED) is 0.0340. The molecule has 1 aliphatic rings. The molecule has 5 aromatic rings. The van der Waals surface area contributed by atoms with Crippen LogP contribution in [0.4, 0.5) is 0 Å². The Morgan fingerprint density at radius 3 is 2.09 bits per heavy atom. The number of benzene rings is 4. The van der Waals surface area contributed by atoms with E-state index in [4.69, 9.17) is 4.74 Å². The molecule has 0 aliphatic carbocycles. The van der Waals surface area contributed by atoms with Gasteiger partial charge in [0.05, 0.1) is 34.8 Å². The highest BCUT2D eigenvalue weighted by Crippen LogP contribution is 2.36. The molecule has 4 atom stereocenters. The van der Waals surface area contributed by atoms with Crippen molar-refractivity contribution < 1.29 is 29.3 Å². The van der Waals surface area contributed by atoms with Gasteiger partial charge >= 0.3 is 0 Å². The number of carbonyl (C=O) groups excluding carboxylic acids is 3. The van der Waals surface area contributed by atoms with Crippen LogP contribution in [0.2, 0.25) is 0 Å². The minimum Gasteiger partial charge on any atom is -0.508 e. The minimum absolute atomic E-state index is 0.0223. The van der Waals surface area contributed by atoms with E-state index in [1.807, 2.05) is 91.0 Å². The van der Waals surface area contributed by atoms with Crippen LogP contribution in [0.15, 0.2) is 109 Å². The number of aromatic nitrogens is 1. The summed E-state index contributed by atoms with van der Waals surface area (Å²) in [6.07, 6.45) is 4.43. The van der Waals surface area contributed by atoms with Crippen LogP contribution in [0.3, 0.4) is 0 Å². The topological polar surface area (TPSA) is 153 Å². The zero-order chi connectivity index (χ0) is 47.9. The molecule has 0 bridgehead atoms. The van der Waals surface area contributed by atoms with Crippen molar-refractivity contribution in [1.82, 2.24) is 25.8 Å². The summed E-state index contributed by atoms with van der Waals surface area (Å²) >= 11 is 1.61. The van der Waals surface area contributed by atoms with Gasteiger partial charge in [-0.1, -0.05) is 119 Å². The maximum absolute atomic E-state index is 13.6. The number of nitrogens with zero attached hydrogens (tertiary/aromatic N) is 2. The van der Waals surface area contributed by atoms with E-state index in [9.17, 15) is 24.6 Å². The molecule has 356 valence electrons. The molecule has 1 fully saturated rings. The molecule has 0 radical (unpaired) electrons. The number of hydrogen-bond donors (Lipinski definition) is 5.